The van der Waals surface area contributed by atoms with Crippen LogP contribution >= 0.6 is 0 Å². The minimum absolute atomic E-state index is 0.0406. The van der Waals surface area contributed by atoms with Gasteiger partial charge in [-0.05, 0) is 83.6 Å². The molecular formula is C26H36N4O3. The summed E-state index contributed by atoms with van der Waals surface area (Å²) < 4.78 is 5.84. The van der Waals surface area contributed by atoms with E-state index in [0.717, 1.165) is 49.8 Å². The first-order chi connectivity index (χ1) is 15.7. The van der Waals surface area contributed by atoms with Gasteiger partial charge in [0.1, 0.15) is 11.5 Å². The van der Waals surface area contributed by atoms with Gasteiger partial charge in [-0.25, -0.2) is 0 Å². The van der Waals surface area contributed by atoms with Crippen LogP contribution in [-0.4, -0.2) is 66.4 Å². The predicted molar refractivity (Wildman–Crippen MR) is 132 cm³/mol. The second kappa shape index (κ2) is 11.3. The molecule has 7 nitrogen and oxygen atoms in total. The largest absolute Gasteiger partial charge is 0.457 e. The van der Waals surface area contributed by atoms with Crippen molar-refractivity contribution < 1.29 is 14.3 Å². The average Bonchev–Trinajstić information content (AvgIpc) is 2.94. The van der Waals surface area contributed by atoms with E-state index in [1.54, 1.807) is 0 Å². The predicted octanol–water partition coefficient (Wildman–Crippen LogP) is 3.65. The Morgan fingerprint density at radius 1 is 0.818 bits per heavy atom. The molecular weight excluding hydrogens is 416 g/mol. The Morgan fingerprint density at radius 2 is 1.33 bits per heavy atom. The van der Waals surface area contributed by atoms with Crippen molar-refractivity contribution >= 4 is 17.5 Å². The highest BCUT2D eigenvalue weighted by Gasteiger charge is 2.20. The molecule has 1 fully saturated rings. The molecule has 0 aliphatic carbocycles. The summed E-state index contributed by atoms with van der Waals surface area (Å²) in [5.74, 6) is 1.51. The van der Waals surface area contributed by atoms with Crippen LogP contribution in [0.4, 0.5) is 5.69 Å². The minimum Gasteiger partial charge on any atom is -0.457 e. The van der Waals surface area contributed by atoms with E-state index in [1.807, 2.05) is 76.2 Å². The van der Waals surface area contributed by atoms with Crippen LogP contribution in [0.1, 0.15) is 32.8 Å². The van der Waals surface area contributed by atoms with Gasteiger partial charge in [-0.3, -0.25) is 19.4 Å². The first-order valence-corrected chi connectivity index (χ1v) is 11.6. The third kappa shape index (κ3) is 8.86. The Morgan fingerprint density at radius 3 is 1.88 bits per heavy atom. The maximum absolute atomic E-state index is 12.6. The van der Waals surface area contributed by atoms with Gasteiger partial charge in [0.2, 0.25) is 11.8 Å². The fourth-order valence-corrected chi connectivity index (χ4v) is 3.75. The van der Waals surface area contributed by atoms with Gasteiger partial charge in [-0.15, -0.1) is 0 Å². The lowest BCUT2D eigenvalue weighted by atomic mass is 10.1. The second-order valence-electron chi connectivity index (χ2n) is 9.69. The van der Waals surface area contributed by atoms with E-state index in [0.29, 0.717) is 13.1 Å². The third-order valence-corrected chi connectivity index (χ3v) is 5.32. The summed E-state index contributed by atoms with van der Waals surface area (Å²) in [5, 5.41) is 5.97. The maximum Gasteiger partial charge on any atom is 0.238 e. The van der Waals surface area contributed by atoms with E-state index in [4.69, 9.17) is 4.74 Å². The number of benzene rings is 2. The smallest absolute Gasteiger partial charge is 0.238 e. The molecule has 0 radical (unpaired) electrons. The lowest BCUT2D eigenvalue weighted by Crippen LogP contribution is -2.46. The Labute approximate surface area is 197 Å². The molecule has 0 aromatic heterocycles. The third-order valence-electron chi connectivity index (χ3n) is 5.32. The van der Waals surface area contributed by atoms with E-state index < -0.39 is 0 Å². The van der Waals surface area contributed by atoms with Crippen LogP contribution in [0.2, 0.25) is 0 Å². The molecule has 0 unspecified atom stereocenters. The number of nitrogens with zero attached hydrogens (tertiary/aromatic N) is 2. The highest BCUT2D eigenvalue weighted by Crippen LogP contribution is 2.23. The van der Waals surface area contributed by atoms with Crippen LogP contribution in [0.15, 0.2) is 48.5 Å². The molecule has 2 aromatic rings. The number of anilines is 1. The molecule has 3 rings (SSSR count). The molecule has 0 saturated carbocycles. The zero-order valence-corrected chi connectivity index (χ0v) is 20.2. The van der Waals surface area contributed by atoms with Crippen molar-refractivity contribution in [1.82, 2.24) is 15.1 Å². The molecule has 1 heterocycles. The first kappa shape index (κ1) is 24.7. The molecule has 0 atom stereocenters. The molecule has 2 N–H and O–H groups in total. The fraction of sp³-hybridized carbons (Fsp3) is 0.462. The molecule has 1 saturated heterocycles. The summed E-state index contributed by atoms with van der Waals surface area (Å²) >= 11 is 0. The summed E-state index contributed by atoms with van der Waals surface area (Å²) in [6, 6.07) is 15.3. The lowest BCUT2D eigenvalue weighted by Gasteiger charge is -2.25. The Kier molecular flexibility index (Phi) is 8.47. The maximum atomic E-state index is 12.6. The SMILES string of the molecule is Cc1ccc(Oc2ccc(NC(=O)CN3CCCN(CC(=O)NC(C)(C)C)CC3)cc2)cc1. The van der Waals surface area contributed by atoms with Gasteiger partial charge in [0.15, 0.2) is 0 Å². The summed E-state index contributed by atoms with van der Waals surface area (Å²) in [6.07, 6.45) is 0.932. The minimum atomic E-state index is -0.224. The topological polar surface area (TPSA) is 73.9 Å². The number of ether oxygens (including phenoxy) is 1. The van der Waals surface area contributed by atoms with E-state index in [2.05, 4.69) is 20.4 Å². The van der Waals surface area contributed by atoms with Crippen molar-refractivity contribution in [2.75, 3.05) is 44.6 Å². The van der Waals surface area contributed by atoms with E-state index in [9.17, 15) is 9.59 Å². The van der Waals surface area contributed by atoms with Crippen molar-refractivity contribution in [2.24, 2.45) is 0 Å². The van der Waals surface area contributed by atoms with Gasteiger partial charge in [0, 0.05) is 24.3 Å². The summed E-state index contributed by atoms with van der Waals surface area (Å²) in [7, 11) is 0. The normalized spacial score (nSPS) is 15.5. The van der Waals surface area contributed by atoms with Crippen molar-refractivity contribution in [1.29, 1.82) is 0 Å². The molecule has 0 spiro atoms. The van der Waals surface area contributed by atoms with Crippen LogP contribution in [-0.2, 0) is 9.59 Å². The van der Waals surface area contributed by atoms with Crippen molar-refractivity contribution in [3.05, 3.63) is 54.1 Å². The molecule has 7 heteroatoms. The monoisotopic (exact) mass is 452 g/mol. The number of hydrogen-bond donors (Lipinski definition) is 2. The van der Waals surface area contributed by atoms with Gasteiger partial charge in [-0.1, -0.05) is 17.7 Å². The highest BCUT2D eigenvalue weighted by molar-refractivity contribution is 5.92. The van der Waals surface area contributed by atoms with Gasteiger partial charge in [-0.2, -0.15) is 0 Å². The van der Waals surface area contributed by atoms with Gasteiger partial charge >= 0.3 is 0 Å². The van der Waals surface area contributed by atoms with E-state index >= 15 is 0 Å². The molecule has 33 heavy (non-hydrogen) atoms. The van der Waals surface area contributed by atoms with Crippen LogP contribution in [0.5, 0.6) is 11.5 Å². The van der Waals surface area contributed by atoms with Crippen molar-refractivity contribution in [3.8, 4) is 11.5 Å². The summed E-state index contributed by atoms with van der Waals surface area (Å²) in [6.45, 7) is 12.0. The molecule has 178 valence electrons. The Bertz CT molecular complexity index is 920. The van der Waals surface area contributed by atoms with E-state index in [1.165, 1.54) is 5.56 Å². The Balaban J connectivity index is 1.43. The van der Waals surface area contributed by atoms with Gasteiger partial charge < -0.3 is 15.4 Å². The number of nitrogens with one attached hydrogen (secondary N) is 2. The van der Waals surface area contributed by atoms with Crippen LogP contribution in [0.25, 0.3) is 0 Å². The fourth-order valence-electron chi connectivity index (χ4n) is 3.75. The number of hydrogen-bond acceptors (Lipinski definition) is 5. The summed E-state index contributed by atoms with van der Waals surface area (Å²) in [4.78, 5) is 29.1. The van der Waals surface area contributed by atoms with Crippen molar-refractivity contribution in [3.63, 3.8) is 0 Å². The molecule has 1 aliphatic rings. The number of aryl methyl sites for hydroxylation is 1. The zero-order chi connectivity index (χ0) is 23.8. The van der Waals surface area contributed by atoms with Crippen LogP contribution < -0.4 is 15.4 Å². The lowest BCUT2D eigenvalue weighted by molar-refractivity contribution is -0.123. The molecule has 1 aliphatic heterocycles. The quantitative estimate of drug-likeness (QED) is 0.671. The number of rotatable bonds is 7. The molecule has 0 bridgehead atoms. The number of amides is 2. The first-order valence-electron chi connectivity index (χ1n) is 11.6. The summed E-state index contributed by atoms with van der Waals surface area (Å²) in [5.41, 5.74) is 1.70. The average molecular weight is 453 g/mol. The van der Waals surface area contributed by atoms with E-state index in [-0.39, 0.29) is 17.4 Å². The van der Waals surface area contributed by atoms with Gasteiger partial charge in [0.05, 0.1) is 13.1 Å². The highest BCUT2D eigenvalue weighted by atomic mass is 16.5. The molecule has 2 amide bonds. The Hall–Kier alpha value is -2.90. The van der Waals surface area contributed by atoms with Gasteiger partial charge in [0.25, 0.3) is 0 Å². The zero-order valence-electron chi connectivity index (χ0n) is 20.2. The standard InChI is InChI=1S/C26H36N4O3/c1-20-6-10-22(11-7-20)33-23-12-8-21(9-13-23)27-24(31)18-29-14-5-15-30(17-16-29)19-25(32)28-26(2,3)4/h6-13H,5,14-19H2,1-4H3,(H,27,31)(H,28,32). The van der Waals surface area contributed by atoms with Crippen LogP contribution in [0, 0.1) is 6.92 Å². The van der Waals surface area contributed by atoms with Crippen LogP contribution in [0.3, 0.4) is 0 Å². The van der Waals surface area contributed by atoms with Crippen molar-refractivity contribution in [2.45, 2.75) is 39.7 Å². The number of carbonyl (C=O) groups excluding carboxylic acids is 2. The second-order valence-corrected chi connectivity index (χ2v) is 9.69. The number of carbonyl (C=O) groups is 2. The molecule has 2 aromatic carbocycles.